The quantitative estimate of drug-likeness (QED) is 0.243. The molecule has 4 N–H and O–H groups in total. The fraction of sp³-hybridized carbons (Fsp3) is 0.417. The van der Waals surface area contributed by atoms with Gasteiger partial charge < -0.3 is 14.8 Å². The summed E-state index contributed by atoms with van der Waals surface area (Å²) in [6.45, 7) is 1.26. The molecule has 0 unspecified atom stereocenters. The molecule has 0 aliphatic carbocycles. The largest absolute Gasteiger partial charge is 0.495 e. The second-order valence-electron chi connectivity index (χ2n) is 3.69. The lowest BCUT2D eigenvalue weighted by molar-refractivity contribution is 0.197. The van der Waals surface area contributed by atoms with Gasteiger partial charge >= 0.3 is 0 Å². The van der Waals surface area contributed by atoms with Crippen molar-refractivity contribution in [1.29, 1.82) is 0 Å². The van der Waals surface area contributed by atoms with Crippen LogP contribution in [0.3, 0.4) is 0 Å². The lowest BCUT2D eigenvalue weighted by atomic mass is 10.3. The van der Waals surface area contributed by atoms with Crippen LogP contribution >= 0.6 is 11.6 Å². The van der Waals surface area contributed by atoms with Gasteiger partial charge in [-0.25, -0.2) is 5.84 Å². The van der Waals surface area contributed by atoms with Gasteiger partial charge in [0.1, 0.15) is 5.75 Å². The average molecular weight is 287 g/mol. The maximum atomic E-state index is 5.94. The van der Waals surface area contributed by atoms with E-state index in [9.17, 15) is 0 Å². The van der Waals surface area contributed by atoms with E-state index in [0.717, 1.165) is 6.42 Å². The number of nitrogens with zero attached hydrogens (tertiary/aromatic N) is 1. The predicted octanol–water partition coefficient (Wildman–Crippen LogP) is 1.62. The average Bonchev–Trinajstić information content (AvgIpc) is 2.42. The lowest BCUT2D eigenvalue weighted by Gasteiger charge is -2.13. The summed E-state index contributed by atoms with van der Waals surface area (Å²) < 4.78 is 10.2. The number of hydrogen-bond acceptors (Lipinski definition) is 4. The molecule has 1 aromatic carbocycles. The predicted molar refractivity (Wildman–Crippen MR) is 77.7 cm³/mol. The molecular weight excluding hydrogens is 268 g/mol. The molecule has 0 amide bonds. The van der Waals surface area contributed by atoms with Crippen molar-refractivity contribution < 1.29 is 9.47 Å². The highest BCUT2D eigenvalue weighted by Gasteiger charge is 2.05. The number of methoxy groups -OCH3 is 2. The molecule has 7 heteroatoms. The van der Waals surface area contributed by atoms with Crippen LogP contribution in [0.1, 0.15) is 6.42 Å². The molecule has 0 aliphatic heterocycles. The topological polar surface area (TPSA) is 80.9 Å². The number of anilines is 1. The fourth-order valence-electron chi connectivity index (χ4n) is 1.43. The van der Waals surface area contributed by atoms with Gasteiger partial charge in [0, 0.05) is 25.3 Å². The summed E-state index contributed by atoms with van der Waals surface area (Å²) in [6.07, 6.45) is 0.816. The second-order valence-corrected chi connectivity index (χ2v) is 4.13. The number of aliphatic imine (C=N–C) groups is 1. The number of halogens is 1. The Bertz CT molecular complexity index is 426. The van der Waals surface area contributed by atoms with Crippen molar-refractivity contribution in [3.63, 3.8) is 0 Å². The fourth-order valence-corrected chi connectivity index (χ4v) is 1.60. The molecule has 0 radical (unpaired) electrons. The molecule has 0 heterocycles. The molecule has 0 atom stereocenters. The molecular formula is C12H19ClN4O2. The first-order chi connectivity index (χ1) is 9.21. The van der Waals surface area contributed by atoms with Crippen LogP contribution in [0, 0.1) is 0 Å². The molecule has 0 aliphatic rings. The van der Waals surface area contributed by atoms with E-state index in [0.29, 0.717) is 35.6 Å². The lowest BCUT2D eigenvalue weighted by Crippen LogP contribution is -2.36. The maximum Gasteiger partial charge on any atom is 0.210 e. The molecule has 0 saturated carbocycles. The summed E-state index contributed by atoms with van der Waals surface area (Å²) in [4.78, 5) is 4.27. The third-order valence-electron chi connectivity index (χ3n) is 2.33. The van der Waals surface area contributed by atoms with Crippen molar-refractivity contribution in [3.8, 4) is 5.75 Å². The zero-order valence-electron chi connectivity index (χ0n) is 11.1. The SMILES string of the molecule is COCCCN=C(NN)Nc1cc(Cl)ccc1OC. The van der Waals surface area contributed by atoms with Crippen molar-refractivity contribution in [1.82, 2.24) is 5.43 Å². The van der Waals surface area contributed by atoms with Gasteiger partial charge in [-0.05, 0) is 24.6 Å². The molecule has 0 aromatic heterocycles. The normalized spacial score (nSPS) is 11.3. The van der Waals surface area contributed by atoms with E-state index in [2.05, 4.69) is 15.7 Å². The first-order valence-corrected chi connectivity index (χ1v) is 6.19. The van der Waals surface area contributed by atoms with Crippen LogP contribution in [-0.4, -0.2) is 33.3 Å². The van der Waals surface area contributed by atoms with Crippen molar-refractivity contribution in [2.45, 2.75) is 6.42 Å². The monoisotopic (exact) mass is 286 g/mol. The van der Waals surface area contributed by atoms with Crippen LogP contribution in [0.2, 0.25) is 5.02 Å². The molecule has 1 rings (SSSR count). The van der Waals surface area contributed by atoms with E-state index >= 15 is 0 Å². The number of nitrogens with one attached hydrogen (secondary N) is 2. The molecule has 0 spiro atoms. The first-order valence-electron chi connectivity index (χ1n) is 5.81. The first kappa shape index (κ1) is 15.6. The van der Waals surface area contributed by atoms with Crippen molar-refractivity contribution in [3.05, 3.63) is 23.2 Å². The molecule has 0 saturated heterocycles. The zero-order chi connectivity index (χ0) is 14.1. The number of rotatable bonds is 6. The van der Waals surface area contributed by atoms with E-state index < -0.39 is 0 Å². The van der Waals surface area contributed by atoms with E-state index in [4.69, 9.17) is 26.9 Å². The van der Waals surface area contributed by atoms with E-state index in [1.807, 2.05) is 0 Å². The molecule has 0 bridgehead atoms. The Morgan fingerprint density at radius 3 is 2.84 bits per heavy atom. The minimum atomic E-state index is 0.441. The molecule has 6 nitrogen and oxygen atoms in total. The summed E-state index contributed by atoms with van der Waals surface area (Å²) in [5.41, 5.74) is 3.19. The van der Waals surface area contributed by atoms with Gasteiger partial charge in [-0.15, -0.1) is 0 Å². The molecule has 106 valence electrons. The summed E-state index contributed by atoms with van der Waals surface area (Å²) in [5.74, 6) is 6.51. The highest BCUT2D eigenvalue weighted by atomic mass is 35.5. The van der Waals surface area contributed by atoms with Crippen LogP contribution < -0.4 is 21.3 Å². The van der Waals surface area contributed by atoms with E-state index in [-0.39, 0.29) is 0 Å². The third-order valence-corrected chi connectivity index (χ3v) is 2.56. The summed E-state index contributed by atoms with van der Waals surface area (Å²) in [5, 5.41) is 3.63. The van der Waals surface area contributed by atoms with Crippen molar-refractivity contribution in [2.75, 3.05) is 32.7 Å². The van der Waals surface area contributed by atoms with Gasteiger partial charge in [0.05, 0.1) is 12.8 Å². The Hall–Kier alpha value is -1.50. The third kappa shape index (κ3) is 5.34. The Labute approximate surface area is 117 Å². The van der Waals surface area contributed by atoms with Gasteiger partial charge in [0.2, 0.25) is 5.96 Å². The number of hydrazine groups is 1. The standard InChI is InChI=1S/C12H19ClN4O2/c1-18-7-3-6-15-12(17-14)16-10-8-9(13)4-5-11(10)19-2/h4-5,8H,3,6-7,14H2,1-2H3,(H2,15,16,17). The Kier molecular flexibility index (Phi) is 7.02. The number of ether oxygens (including phenoxy) is 2. The van der Waals surface area contributed by atoms with Gasteiger partial charge in [-0.2, -0.15) is 0 Å². The Balaban J connectivity index is 2.71. The maximum absolute atomic E-state index is 5.94. The number of nitrogens with two attached hydrogens (primary N) is 1. The minimum Gasteiger partial charge on any atom is -0.495 e. The van der Waals surface area contributed by atoms with Crippen molar-refractivity contribution >= 4 is 23.2 Å². The number of hydrogen-bond donors (Lipinski definition) is 3. The van der Waals surface area contributed by atoms with Gasteiger partial charge in [0.15, 0.2) is 0 Å². The summed E-state index contributed by atoms with van der Waals surface area (Å²) >= 11 is 5.94. The zero-order valence-corrected chi connectivity index (χ0v) is 11.8. The number of benzene rings is 1. The van der Waals surface area contributed by atoms with Gasteiger partial charge in [-0.3, -0.25) is 10.4 Å². The van der Waals surface area contributed by atoms with Crippen LogP contribution in [0.5, 0.6) is 5.75 Å². The molecule has 19 heavy (non-hydrogen) atoms. The highest BCUT2D eigenvalue weighted by molar-refractivity contribution is 6.31. The summed E-state index contributed by atoms with van der Waals surface area (Å²) in [6, 6.07) is 5.25. The highest BCUT2D eigenvalue weighted by Crippen LogP contribution is 2.27. The minimum absolute atomic E-state index is 0.441. The van der Waals surface area contributed by atoms with Gasteiger partial charge in [0.25, 0.3) is 0 Å². The Morgan fingerprint density at radius 1 is 1.42 bits per heavy atom. The van der Waals surface area contributed by atoms with Crippen LogP contribution in [0.15, 0.2) is 23.2 Å². The Morgan fingerprint density at radius 2 is 2.21 bits per heavy atom. The van der Waals surface area contributed by atoms with Crippen LogP contribution in [0.4, 0.5) is 5.69 Å². The van der Waals surface area contributed by atoms with Crippen LogP contribution in [0.25, 0.3) is 0 Å². The van der Waals surface area contributed by atoms with Crippen LogP contribution in [-0.2, 0) is 4.74 Å². The van der Waals surface area contributed by atoms with Gasteiger partial charge in [-0.1, -0.05) is 11.6 Å². The van der Waals surface area contributed by atoms with Crippen molar-refractivity contribution in [2.24, 2.45) is 10.8 Å². The molecule has 0 fully saturated rings. The second kappa shape index (κ2) is 8.58. The van der Waals surface area contributed by atoms with E-state index in [1.165, 1.54) is 0 Å². The smallest absolute Gasteiger partial charge is 0.210 e. The number of guanidine groups is 1. The molecule has 1 aromatic rings. The van der Waals surface area contributed by atoms with E-state index in [1.54, 1.807) is 32.4 Å². The summed E-state index contributed by atoms with van der Waals surface area (Å²) in [7, 11) is 3.24.